The highest BCUT2D eigenvalue weighted by atomic mass is 19.4. The number of hydrogen-bond donors (Lipinski definition) is 1. The van der Waals surface area contributed by atoms with Gasteiger partial charge in [0.25, 0.3) is 0 Å². The molecule has 0 spiro atoms. The zero-order valence-corrected chi connectivity index (χ0v) is 12.5. The number of halogens is 3. The van der Waals surface area contributed by atoms with Crippen molar-refractivity contribution >= 4 is 0 Å². The minimum Gasteiger partial charge on any atom is -0.484 e. The van der Waals surface area contributed by atoms with Gasteiger partial charge in [-0.2, -0.15) is 13.2 Å². The number of nitrogens with one attached hydrogen (secondary N) is 1. The standard InChI is InChI=1S/C15H21F3N2O2/c1-20-5-6-21-14(10-20)9-19-8-12-3-2-4-13(7-12)22-11-15(16,17)18/h2-4,7,14,19H,5-6,8-11H2,1H3. The molecule has 0 amide bonds. The molecule has 4 nitrogen and oxygen atoms in total. The van der Waals surface area contributed by atoms with Crippen molar-refractivity contribution in [3.05, 3.63) is 29.8 Å². The second-order valence-corrected chi connectivity index (χ2v) is 5.44. The molecular formula is C15H21F3N2O2. The van der Waals surface area contributed by atoms with Crippen molar-refractivity contribution < 1.29 is 22.6 Å². The lowest BCUT2D eigenvalue weighted by Gasteiger charge is -2.30. The van der Waals surface area contributed by atoms with E-state index in [2.05, 4.69) is 17.3 Å². The largest absolute Gasteiger partial charge is 0.484 e. The second kappa shape index (κ2) is 7.80. The van der Waals surface area contributed by atoms with Crippen LogP contribution in [0, 0.1) is 0 Å². The van der Waals surface area contributed by atoms with Gasteiger partial charge in [0, 0.05) is 26.2 Å². The van der Waals surface area contributed by atoms with Gasteiger partial charge in [-0.05, 0) is 24.7 Å². The molecule has 1 unspecified atom stereocenters. The van der Waals surface area contributed by atoms with Gasteiger partial charge in [0.15, 0.2) is 6.61 Å². The second-order valence-electron chi connectivity index (χ2n) is 5.44. The van der Waals surface area contributed by atoms with E-state index in [4.69, 9.17) is 9.47 Å². The molecule has 0 aliphatic carbocycles. The van der Waals surface area contributed by atoms with Crippen molar-refractivity contribution in [2.24, 2.45) is 0 Å². The number of rotatable bonds is 6. The SMILES string of the molecule is CN1CCOC(CNCc2cccc(OCC(F)(F)F)c2)C1. The van der Waals surface area contributed by atoms with Gasteiger partial charge >= 0.3 is 6.18 Å². The minimum atomic E-state index is -4.32. The Kier molecular flexibility index (Phi) is 6.05. The summed E-state index contributed by atoms with van der Waals surface area (Å²) in [5.74, 6) is 0.227. The van der Waals surface area contributed by atoms with Crippen LogP contribution in [-0.2, 0) is 11.3 Å². The first kappa shape index (κ1) is 17.1. The van der Waals surface area contributed by atoms with Crippen LogP contribution in [0.1, 0.15) is 5.56 Å². The lowest BCUT2D eigenvalue weighted by molar-refractivity contribution is -0.153. The summed E-state index contributed by atoms with van der Waals surface area (Å²) in [7, 11) is 2.05. The van der Waals surface area contributed by atoms with Crippen LogP contribution in [0.25, 0.3) is 0 Å². The molecule has 1 aliphatic heterocycles. The molecule has 0 bridgehead atoms. The summed E-state index contributed by atoms with van der Waals surface area (Å²) in [6.07, 6.45) is -4.18. The first-order valence-electron chi connectivity index (χ1n) is 7.22. The fourth-order valence-electron chi connectivity index (χ4n) is 2.28. The number of benzene rings is 1. The van der Waals surface area contributed by atoms with Crippen LogP contribution < -0.4 is 10.1 Å². The number of hydrogen-bond acceptors (Lipinski definition) is 4. The van der Waals surface area contributed by atoms with Crippen molar-refractivity contribution in [1.29, 1.82) is 0 Å². The lowest BCUT2D eigenvalue weighted by atomic mass is 10.2. The third-order valence-corrected chi connectivity index (χ3v) is 3.34. The maximum absolute atomic E-state index is 12.1. The molecule has 1 fully saturated rings. The van der Waals surface area contributed by atoms with Crippen molar-refractivity contribution in [3.63, 3.8) is 0 Å². The summed E-state index contributed by atoms with van der Waals surface area (Å²) in [4.78, 5) is 2.21. The number of alkyl halides is 3. The number of ether oxygens (including phenoxy) is 2. The van der Waals surface area contributed by atoms with E-state index in [1.54, 1.807) is 12.1 Å². The molecule has 1 aromatic carbocycles. The van der Waals surface area contributed by atoms with E-state index in [1.807, 2.05) is 6.07 Å². The fourth-order valence-corrected chi connectivity index (χ4v) is 2.28. The lowest BCUT2D eigenvalue weighted by Crippen LogP contribution is -2.44. The van der Waals surface area contributed by atoms with Crippen LogP contribution in [0.2, 0.25) is 0 Å². The zero-order chi connectivity index (χ0) is 16.0. The van der Waals surface area contributed by atoms with Crippen LogP contribution >= 0.6 is 0 Å². The Morgan fingerprint density at radius 2 is 2.23 bits per heavy atom. The summed E-state index contributed by atoms with van der Waals surface area (Å²) in [6.45, 7) is 2.54. The zero-order valence-electron chi connectivity index (χ0n) is 12.5. The van der Waals surface area contributed by atoms with Gasteiger partial charge in [-0.1, -0.05) is 12.1 Å². The number of morpholine rings is 1. The highest BCUT2D eigenvalue weighted by molar-refractivity contribution is 5.28. The van der Waals surface area contributed by atoms with Gasteiger partial charge in [-0.25, -0.2) is 0 Å². The predicted molar refractivity (Wildman–Crippen MR) is 76.9 cm³/mol. The van der Waals surface area contributed by atoms with Gasteiger partial charge in [0.1, 0.15) is 5.75 Å². The fraction of sp³-hybridized carbons (Fsp3) is 0.600. The molecule has 0 radical (unpaired) electrons. The smallest absolute Gasteiger partial charge is 0.422 e. The topological polar surface area (TPSA) is 33.7 Å². The third kappa shape index (κ3) is 6.21. The number of likely N-dealkylation sites (N-methyl/N-ethyl adjacent to an activating group) is 1. The Hall–Kier alpha value is -1.31. The van der Waals surface area contributed by atoms with Crippen LogP contribution in [-0.4, -0.2) is 57.1 Å². The Morgan fingerprint density at radius 3 is 2.95 bits per heavy atom. The molecule has 1 heterocycles. The van der Waals surface area contributed by atoms with E-state index in [9.17, 15) is 13.2 Å². The van der Waals surface area contributed by atoms with Gasteiger partial charge < -0.3 is 19.7 Å². The van der Waals surface area contributed by atoms with Crippen molar-refractivity contribution in [3.8, 4) is 5.75 Å². The minimum absolute atomic E-state index is 0.142. The molecule has 1 N–H and O–H groups in total. The predicted octanol–water partition coefficient (Wildman–Crippen LogP) is 2.05. The van der Waals surface area contributed by atoms with Crippen molar-refractivity contribution in [2.75, 3.05) is 39.9 Å². The summed E-state index contributed by atoms with van der Waals surface area (Å²) < 4.78 is 46.7. The van der Waals surface area contributed by atoms with Gasteiger partial charge in [-0.15, -0.1) is 0 Å². The van der Waals surface area contributed by atoms with Gasteiger partial charge in [0.2, 0.25) is 0 Å². The van der Waals surface area contributed by atoms with E-state index in [0.29, 0.717) is 13.1 Å². The van der Waals surface area contributed by atoms with E-state index in [0.717, 1.165) is 25.3 Å². The summed E-state index contributed by atoms with van der Waals surface area (Å²) in [5.41, 5.74) is 0.879. The highest BCUT2D eigenvalue weighted by Crippen LogP contribution is 2.19. The van der Waals surface area contributed by atoms with Crippen molar-refractivity contribution in [1.82, 2.24) is 10.2 Å². The molecule has 1 atom stereocenters. The van der Waals surface area contributed by atoms with Crippen LogP contribution in [0.3, 0.4) is 0 Å². The molecule has 22 heavy (non-hydrogen) atoms. The molecule has 124 valence electrons. The van der Waals surface area contributed by atoms with Crippen LogP contribution in [0.4, 0.5) is 13.2 Å². The van der Waals surface area contributed by atoms with Crippen LogP contribution in [0.5, 0.6) is 5.75 Å². The molecule has 1 aliphatic rings. The molecule has 0 saturated carbocycles. The molecule has 7 heteroatoms. The summed E-state index contributed by atoms with van der Waals surface area (Å²) in [5, 5.41) is 3.26. The Labute approximate surface area is 128 Å². The molecule has 1 aromatic rings. The molecule has 0 aromatic heterocycles. The van der Waals surface area contributed by atoms with E-state index in [1.165, 1.54) is 6.07 Å². The van der Waals surface area contributed by atoms with E-state index >= 15 is 0 Å². The monoisotopic (exact) mass is 318 g/mol. The van der Waals surface area contributed by atoms with E-state index in [-0.39, 0.29) is 11.9 Å². The average Bonchev–Trinajstić information content (AvgIpc) is 2.45. The Bertz CT molecular complexity index is 468. The Morgan fingerprint density at radius 1 is 1.41 bits per heavy atom. The van der Waals surface area contributed by atoms with Gasteiger partial charge in [0.05, 0.1) is 12.7 Å². The maximum atomic E-state index is 12.1. The highest BCUT2D eigenvalue weighted by Gasteiger charge is 2.28. The molecule has 1 saturated heterocycles. The first-order valence-corrected chi connectivity index (χ1v) is 7.22. The van der Waals surface area contributed by atoms with Gasteiger partial charge in [-0.3, -0.25) is 0 Å². The van der Waals surface area contributed by atoms with E-state index < -0.39 is 12.8 Å². The van der Waals surface area contributed by atoms with Crippen molar-refractivity contribution in [2.45, 2.75) is 18.8 Å². The first-order chi connectivity index (χ1) is 10.4. The molecule has 2 rings (SSSR count). The normalized spacial score (nSPS) is 20.1. The molecular weight excluding hydrogens is 297 g/mol. The number of nitrogens with zero attached hydrogens (tertiary/aromatic N) is 1. The summed E-state index contributed by atoms with van der Waals surface area (Å²) >= 11 is 0. The average molecular weight is 318 g/mol. The summed E-state index contributed by atoms with van der Waals surface area (Å²) in [6, 6.07) is 6.68. The third-order valence-electron chi connectivity index (χ3n) is 3.34. The quantitative estimate of drug-likeness (QED) is 0.870. The Balaban J connectivity index is 1.75. The van der Waals surface area contributed by atoms with Crippen LogP contribution in [0.15, 0.2) is 24.3 Å². The maximum Gasteiger partial charge on any atom is 0.422 e.